The molecule has 1 aromatic heterocycles. The minimum Gasteiger partial charge on any atom is -0.375 e. The van der Waals surface area contributed by atoms with Crippen LogP contribution >= 0.6 is 11.3 Å². The Morgan fingerprint density at radius 1 is 1.16 bits per heavy atom. The van der Waals surface area contributed by atoms with E-state index in [9.17, 15) is 19.3 Å². The molecule has 1 heterocycles. The molecule has 0 aliphatic heterocycles. The van der Waals surface area contributed by atoms with Crippen LogP contribution < -0.4 is 11.1 Å². The molecule has 1 amide bonds. The van der Waals surface area contributed by atoms with E-state index in [1.807, 2.05) is 0 Å². The minimum absolute atomic E-state index is 0.0655. The van der Waals surface area contributed by atoms with Gasteiger partial charge in [0.25, 0.3) is 11.6 Å². The van der Waals surface area contributed by atoms with E-state index >= 15 is 0 Å². The normalized spacial score (nSPS) is 10.4. The number of anilines is 2. The maximum absolute atomic E-state index is 12.9. The fourth-order valence-electron chi connectivity index (χ4n) is 2.15. The smallest absolute Gasteiger partial charge is 0.269 e. The number of non-ortho nitro benzene ring substituents is 1. The molecule has 0 fully saturated rings. The summed E-state index contributed by atoms with van der Waals surface area (Å²) in [4.78, 5) is 27.1. The molecule has 25 heavy (non-hydrogen) atoms. The Bertz CT molecular complexity index is 939. The Hall–Kier alpha value is -3.33. The number of carbonyl (C=O) groups is 1. The van der Waals surface area contributed by atoms with Crippen LogP contribution in [0.1, 0.15) is 9.67 Å². The second kappa shape index (κ2) is 6.65. The lowest BCUT2D eigenvalue weighted by atomic mass is 10.1. The highest BCUT2D eigenvalue weighted by atomic mass is 32.1. The Balaban J connectivity index is 1.91. The molecule has 0 bridgehead atoms. The number of amides is 1. The van der Waals surface area contributed by atoms with Crippen molar-refractivity contribution >= 4 is 33.8 Å². The van der Waals surface area contributed by atoms with Gasteiger partial charge in [-0.25, -0.2) is 9.37 Å². The first-order chi connectivity index (χ1) is 11.9. The number of nitrogens with zero attached hydrogens (tertiary/aromatic N) is 2. The average molecular weight is 358 g/mol. The van der Waals surface area contributed by atoms with Gasteiger partial charge in [0.15, 0.2) is 5.13 Å². The van der Waals surface area contributed by atoms with Gasteiger partial charge >= 0.3 is 0 Å². The Labute approximate surface area is 145 Å². The number of nitrogens with one attached hydrogen (secondary N) is 1. The fourth-order valence-corrected chi connectivity index (χ4v) is 2.90. The molecule has 0 atom stereocenters. The predicted molar refractivity (Wildman–Crippen MR) is 93.0 cm³/mol. The number of hydrogen-bond acceptors (Lipinski definition) is 6. The van der Waals surface area contributed by atoms with Gasteiger partial charge in [0.05, 0.1) is 10.6 Å². The van der Waals surface area contributed by atoms with E-state index in [2.05, 4.69) is 10.3 Å². The highest BCUT2D eigenvalue weighted by Crippen LogP contribution is 2.31. The maximum atomic E-state index is 12.9. The van der Waals surface area contributed by atoms with Crippen LogP contribution in [-0.2, 0) is 0 Å². The standard InChI is InChI=1S/C16H11FN4O3S/c17-10-3-5-11(6-4-10)19-15(22)14-13(20-16(18)25-14)9-1-7-12(8-2-9)21(23)24/h1-8H,(H2,18,20)(H,19,22). The van der Waals surface area contributed by atoms with Crippen LogP contribution in [0, 0.1) is 15.9 Å². The number of aromatic nitrogens is 1. The third kappa shape index (κ3) is 3.61. The Morgan fingerprint density at radius 3 is 2.40 bits per heavy atom. The van der Waals surface area contributed by atoms with Crippen LogP contribution in [0.3, 0.4) is 0 Å². The lowest BCUT2D eigenvalue weighted by molar-refractivity contribution is -0.384. The zero-order valence-electron chi connectivity index (χ0n) is 12.6. The average Bonchev–Trinajstić information content (AvgIpc) is 2.99. The van der Waals surface area contributed by atoms with Gasteiger partial charge in [-0.3, -0.25) is 14.9 Å². The second-order valence-electron chi connectivity index (χ2n) is 4.99. The van der Waals surface area contributed by atoms with Gasteiger partial charge in [-0.05, 0) is 36.4 Å². The zero-order chi connectivity index (χ0) is 18.0. The van der Waals surface area contributed by atoms with Crippen LogP contribution in [0.4, 0.5) is 20.9 Å². The molecule has 0 aliphatic carbocycles. The summed E-state index contributed by atoms with van der Waals surface area (Å²) < 4.78 is 12.9. The van der Waals surface area contributed by atoms with Gasteiger partial charge in [0.2, 0.25) is 0 Å². The van der Waals surface area contributed by atoms with Crippen molar-refractivity contribution in [1.82, 2.24) is 4.98 Å². The molecular formula is C16H11FN4O3S. The Morgan fingerprint density at radius 2 is 1.80 bits per heavy atom. The molecular weight excluding hydrogens is 347 g/mol. The van der Waals surface area contributed by atoms with Crippen LogP contribution in [-0.4, -0.2) is 15.8 Å². The molecule has 126 valence electrons. The molecule has 3 aromatic rings. The van der Waals surface area contributed by atoms with E-state index < -0.39 is 16.6 Å². The zero-order valence-corrected chi connectivity index (χ0v) is 13.4. The third-order valence-corrected chi connectivity index (χ3v) is 4.19. The first kappa shape index (κ1) is 16.5. The summed E-state index contributed by atoms with van der Waals surface area (Å²) in [5, 5.41) is 13.6. The number of nitrogen functional groups attached to an aromatic ring is 1. The van der Waals surface area contributed by atoms with Gasteiger partial charge in [0.1, 0.15) is 10.7 Å². The Kier molecular flexibility index (Phi) is 4.40. The predicted octanol–water partition coefficient (Wildman–Crippen LogP) is 3.69. The lowest BCUT2D eigenvalue weighted by Gasteiger charge is -2.05. The van der Waals surface area contributed by atoms with Gasteiger partial charge in [0, 0.05) is 23.4 Å². The van der Waals surface area contributed by atoms with E-state index in [0.717, 1.165) is 11.3 Å². The molecule has 3 N–H and O–H groups in total. The van der Waals surface area contributed by atoms with Crippen LogP contribution in [0.2, 0.25) is 0 Å². The molecule has 7 nitrogen and oxygen atoms in total. The maximum Gasteiger partial charge on any atom is 0.269 e. The first-order valence-electron chi connectivity index (χ1n) is 7.02. The highest BCUT2D eigenvalue weighted by molar-refractivity contribution is 7.17. The van der Waals surface area contributed by atoms with Crippen molar-refractivity contribution in [3.8, 4) is 11.3 Å². The summed E-state index contributed by atoms with van der Waals surface area (Å²) in [5.41, 5.74) is 6.94. The highest BCUT2D eigenvalue weighted by Gasteiger charge is 2.19. The van der Waals surface area contributed by atoms with E-state index in [4.69, 9.17) is 5.73 Å². The van der Waals surface area contributed by atoms with Crippen molar-refractivity contribution in [3.05, 3.63) is 69.3 Å². The van der Waals surface area contributed by atoms with Gasteiger partial charge in [-0.15, -0.1) is 0 Å². The SMILES string of the molecule is Nc1nc(-c2ccc([N+](=O)[O-])cc2)c(C(=O)Nc2ccc(F)cc2)s1. The van der Waals surface area contributed by atoms with Crippen LogP contribution in [0.15, 0.2) is 48.5 Å². The molecule has 0 unspecified atom stereocenters. The molecule has 2 aromatic carbocycles. The van der Waals surface area contributed by atoms with Crippen molar-refractivity contribution in [2.45, 2.75) is 0 Å². The summed E-state index contributed by atoms with van der Waals surface area (Å²) in [5.74, 6) is -0.860. The molecule has 0 saturated heterocycles. The van der Waals surface area contributed by atoms with E-state index in [1.165, 1.54) is 48.5 Å². The third-order valence-electron chi connectivity index (χ3n) is 3.30. The first-order valence-corrected chi connectivity index (χ1v) is 7.84. The number of nitro groups is 1. The number of rotatable bonds is 4. The van der Waals surface area contributed by atoms with Crippen LogP contribution in [0.25, 0.3) is 11.3 Å². The quantitative estimate of drug-likeness (QED) is 0.546. The number of thiazole rings is 1. The lowest BCUT2D eigenvalue weighted by Crippen LogP contribution is -2.11. The van der Waals surface area contributed by atoms with E-state index in [-0.39, 0.29) is 15.7 Å². The second-order valence-corrected chi connectivity index (χ2v) is 6.03. The van der Waals surface area contributed by atoms with Crippen molar-refractivity contribution in [1.29, 1.82) is 0 Å². The minimum atomic E-state index is -0.513. The molecule has 0 aliphatic rings. The fraction of sp³-hybridized carbons (Fsp3) is 0. The molecule has 9 heteroatoms. The molecule has 0 radical (unpaired) electrons. The number of halogens is 1. The van der Waals surface area contributed by atoms with E-state index in [1.54, 1.807) is 0 Å². The number of hydrogen-bond donors (Lipinski definition) is 2. The largest absolute Gasteiger partial charge is 0.375 e. The van der Waals surface area contributed by atoms with Crippen molar-refractivity contribution < 1.29 is 14.1 Å². The number of carbonyl (C=O) groups excluding carboxylic acids is 1. The summed E-state index contributed by atoms with van der Waals surface area (Å²) >= 11 is 0.997. The summed E-state index contributed by atoms with van der Waals surface area (Å²) in [6.45, 7) is 0. The molecule has 0 saturated carbocycles. The van der Waals surface area contributed by atoms with Gasteiger partial charge < -0.3 is 11.1 Å². The van der Waals surface area contributed by atoms with Gasteiger partial charge in [-0.1, -0.05) is 11.3 Å². The molecule has 0 spiro atoms. The van der Waals surface area contributed by atoms with Crippen molar-refractivity contribution in [2.75, 3.05) is 11.1 Å². The number of benzene rings is 2. The van der Waals surface area contributed by atoms with Crippen molar-refractivity contribution in [2.24, 2.45) is 0 Å². The van der Waals surface area contributed by atoms with Crippen LogP contribution in [0.5, 0.6) is 0 Å². The molecule has 3 rings (SSSR count). The summed E-state index contributed by atoms with van der Waals surface area (Å²) in [6.07, 6.45) is 0. The van der Waals surface area contributed by atoms with Gasteiger partial charge in [-0.2, -0.15) is 0 Å². The summed E-state index contributed by atoms with van der Waals surface area (Å²) in [7, 11) is 0. The van der Waals surface area contributed by atoms with E-state index in [0.29, 0.717) is 16.9 Å². The number of nitro benzene ring substituents is 1. The monoisotopic (exact) mass is 358 g/mol. The summed E-state index contributed by atoms with van der Waals surface area (Å²) in [6, 6.07) is 11.0. The topological polar surface area (TPSA) is 111 Å². The number of nitrogens with two attached hydrogens (primary N) is 1. The van der Waals surface area contributed by atoms with Crippen molar-refractivity contribution in [3.63, 3.8) is 0 Å².